The third-order valence-electron chi connectivity index (χ3n) is 2.72. The first-order chi connectivity index (χ1) is 7.65. The normalized spacial score (nSPS) is 15.9. The Morgan fingerprint density at radius 1 is 1.44 bits per heavy atom. The van der Waals surface area contributed by atoms with Crippen molar-refractivity contribution in [1.29, 1.82) is 5.26 Å². The zero-order valence-electron chi connectivity index (χ0n) is 9.10. The summed E-state index contributed by atoms with van der Waals surface area (Å²) in [7, 11) is 0. The van der Waals surface area contributed by atoms with Crippen LogP contribution in [0.3, 0.4) is 0 Å². The first kappa shape index (κ1) is 10.4. The zero-order valence-corrected chi connectivity index (χ0v) is 9.10. The van der Waals surface area contributed by atoms with Crippen LogP contribution in [0.15, 0.2) is 30.8 Å². The molecule has 0 saturated carbocycles. The lowest BCUT2D eigenvalue weighted by atomic mass is 10.1. The van der Waals surface area contributed by atoms with Crippen LogP contribution in [0, 0.1) is 17.2 Å². The van der Waals surface area contributed by atoms with Gasteiger partial charge in [0.25, 0.3) is 5.91 Å². The fourth-order valence-corrected chi connectivity index (χ4v) is 1.84. The van der Waals surface area contributed by atoms with Gasteiger partial charge in [-0.25, -0.2) is 0 Å². The van der Waals surface area contributed by atoms with Gasteiger partial charge < -0.3 is 4.90 Å². The standard InChI is InChI=1S/C13H12N2O/c1-9(7-14)8-15-10(2)11-5-3-4-6-12(11)13(15)16/h3-6,9H,2,8H2,1H3. The molecular weight excluding hydrogens is 200 g/mol. The highest BCUT2D eigenvalue weighted by molar-refractivity contribution is 6.08. The Labute approximate surface area is 94.6 Å². The second-order valence-electron chi connectivity index (χ2n) is 3.94. The molecule has 1 heterocycles. The van der Waals surface area contributed by atoms with Gasteiger partial charge in [0.15, 0.2) is 0 Å². The summed E-state index contributed by atoms with van der Waals surface area (Å²) in [6, 6.07) is 9.52. The van der Waals surface area contributed by atoms with Gasteiger partial charge in [-0.2, -0.15) is 5.26 Å². The summed E-state index contributed by atoms with van der Waals surface area (Å²) in [5, 5.41) is 8.77. The number of hydrogen-bond acceptors (Lipinski definition) is 2. The number of benzene rings is 1. The van der Waals surface area contributed by atoms with Crippen molar-refractivity contribution in [1.82, 2.24) is 4.90 Å². The SMILES string of the molecule is C=C1c2ccccc2C(=O)N1CC(C)C#N. The minimum Gasteiger partial charge on any atom is -0.307 e. The van der Waals surface area contributed by atoms with E-state index in [4.69, 9.17) is 5.26 Å². The zero-order chi connectivity index (χ0) is 11.7. The summed E-state index contributed by atoms with van der Waals surface area (Å²) < 4.78 is 0. The van der Waals surface area contributed by atoms with Gasteiger partial charge in [0.1, 0.15) is 0 Å². The average Bonchev–Trinajstić information content (AvgIpc) is 2.55. The molecule has 2 rings (SSSR count). The molecule has 16 heavy (non-hydrogen) atoms. The number of hydrogen-bond donors (Lipinski definition) is 0. The van der Waals surface area contributed by atoms with E-state index in [1.165, 1.54) is 0 Å². The molecule has 0 aromatic heterocycles. The minimum absolute atomic E-state index is 0.0531. The summed E-state index contributed by atoms with van der Waals surface area (Å²) in [6.45, 7) is 6.11. The Hall–Kier alpha value is -2.08. The summed E-state index contributed by atoms with van der Waals surface area (Å²) in [6.07, 6.45) is 0. The summed E-state index contributed by atoms with van der Waals surface area (Å²) in [4.78, 5) is 13.6. The van der Waals surface area contributed by atoms with Crippen LogP contribution in [0.1, 0.15) is 22.8 Å². The number of nitrogens with zero attached hydrogens (tertiary/aromatic N) is 2. The lowest BCUT2D eigenvalue weighted by Crippen LogP contribution is -2.27. The quantitative estimate of drug-likeness (QED) is 0.754. The molecule has 80 valence electrons. The first-order valence-corrected chi connectivity index (χ1v) is 5.15. The van der Waals surface area contributed by atoms with Crippen LogP contribution in [0.2, 0.25) is 0 Å². The lowest BCUT2D eigenvalue weighted by molar-refractivity contribution is 0.0843. The highest BCUT2D eigenvalue weighted by Crippen LogP contribution is 2.31. The number of amides is 1. The van der Waals surface area contributed by atoms with E-state index in [1.807, 2.05) is 18.2 Å². The highest BCUT2D eigenvalue weighted by atomic mass is 16.2. The van der Waals surface area contributed by atoms with Crippen LogP contribution in [-0.4, -0.2) is 17.4 Å². The molecule has 1 aliphatic rings. The molecule has 0 fully saturated rings. The van der Waals surface area contributed by atoms with Crippen molar-refractivity contribution >= 4 is 11.6 Å². The van der Waals surface area contributed by atoms with Crippen molar-refractivity contribution in [2.45, 2.75) is 6.92 Å². The van der Waals surface area contributed by atoms with E-state index in [0.717, 1.165) is 5.56 Å². The van der Waals surface area contributed by atoms with Gasteiger partial charge in [0, 0.05) is 23.4 Å². The molecule has 1 amide bonds. The maximum absolute atomic E-state index is 12.0. The third kappa shape index (κ3) is 1.49. The lowest BCUT2D eigenvalue weighted by Gasteiger charge is -2.18. The number of carbonyl (C=O) groups is 1. The molecular formula is C13H12N2O. The van der Waals surface area contributed by atoms with E-state index < -0.39 is 0 Å². The second-order valence-corrected chi connectivity index (χ2v) is 3.94. The van der Waals surface area contributed by atoms with Crippen molar-refractivity contribution in [2.75, 3.05) is 6.54 Å². The molecule has 0 N–H and O–H groups in total. The van der Waals surface area contributed by atoms with Gasteiger partial charge in [-0.05, 0) is 13.0 Å². The van der Waals surface area contributed by atoms with Crippen molar-refractivity contribution in [3.05, 3.63) is 42.0 Å². The van der Waals surface area contributed by atoms with Gasteiger partial charge in [0.2, 0.25) is 0 Å². The minimum atomic E-state index is -0.185. The van der Waals surface area contributed by atoms with E-state index >= 15 is 0 Å². The van der Waals surface area contributed by atoms with Crippen LogP contribution >= 0.6 is 0 Å². The largest absolute Gasteiger partial charge is 0.307 e. The molecule has 1 aromatic carbocycles. The monoisotopic (exact) mass is 212 g/mol. The van der Waals surface area contributed by atoms with Crippen molar-refractivity contribution in [2.24, 2.45) is 5.92 Å². The van der Waals surface area contributed by atoms with Gasteiger partial charge in [-0.3, -0.25) is 4.79 Å². The third-order valence-corrected chi connectivity index (χ3v) is 2.72. The molecule has 1 aromatic rings. The smallest absolute Gasteiger partial charge is 0.258 e. The Morgan fingerprint density at radius 3 is 2.62 bits per heavy atom. The van der Waals surface area contributed by atoms with E-state index in [0.29, 0.717) is 17.8 Å². The Balaban J connectivity index is 2.33. The fraction of sp³-hybridized carbons (Fsp3) is 0.231. The van der Waals surface area contributed by atoms with Crippen molar-refractivity contribution < 1.29 is 4.79 Å². The molecule has 0 spiro atoms. The van der Waals surface area contributed by atoms with Crippen LogP contribution in [-0.2, 0) is 0 Å². The van der Waals surface area contributed by atoms with E-state index in [-0.39, 0.29) is 11.8 Å². The molecule has 1 atom stereocenters. The number of rotatable bonds is 2. The molecule has 3 heteroatoms. The van der Waals surface area contributed by atoms with Gasteiger partial charge in [-0.15, -0.1) is 0 Å². The van der Waals surface area contributed by atoms with Crippen molar-refractivity contribution in [3.63, 3.8) is 0 Å². The van der Waals surface area contributed by atoms with E-state index in [1.54, 1.807) is 17.9 Å². The van der Waals surface area contributed by atoms with E-state index in [2.05, 4.69) is 12.6 Å². The topological polar surface area (TPSA) is 44.1 Å². The number of nitriles is 1. The van der Waals surface area contributed by atoms with Crippen LogP contribution in [0.4, 0.5) is 0 Å². The first-order valence-electron chi connectivity index (χ1n) is 5.15. The van der Waals surface area contributed by atoms with E-state index in [9.17, 15) is 4.79 Å². The molecule has 0 aliphatic carbocycles. The second kappa shape index (κ2) is 3.82. The van der Waals surface area contributed by atoms with Gasteiger partial charge >= 0.3 is 0 Å². The van der Waals surface area contributed by atoms with Crippen LogP contribution in [0.5, 0.6) is 0 Å². The van der Waals surface area contributed by atoms with Crippen molar-refractivity contribution in [3.8, 4) is 6.07 Å². The highest BCUT2D eigenvalue weighted by Gasteiger charge is 2.31. The Bertz CT molecular complexity index is 464. The summed E-state index contributed by atoms with van der Waals surface area (Å²) >= 11 is 0. The maximum atomic E-state index is 12.0. The Morgan fingerprint density at radius 2 is 2.06 bits per heavy atom. The number of carbonyl (C=O) groups excluding carboxylic acids is 1. The molecule has 3 nitrogen and oxygen atoms in total. The predicted molar refractivity (Wildman–Crippen MR) is 61.3 cm³/mol. The summed E-state index contributed by atoms with van der Waals surface area (Å²) in [5.41, 5.74) is 2.25. The molecule has 1 unspecified atom stereocenters. The average molecular weight is 212 g/mol. The maximum Gasteiger partial charge on any atom is 0.258 e. The predicted octanol–water partition coefficient (Wildman–Crippen LogP) is 2.27. The summed E-state index contributed by atoms with van der Waals surface area (Å²) in [5.74, 6) is -0.238. The van der Waals surface area contributed by atoms with Gasteiger partial charge in [-0.1, -0.05) is 24.8 Å². The Kier molecular flexibility index (Phi) is 2.49. The fourth-order valence-electron chi connectivity index (χ4n) is 1.84. The molecule has 0 bridgehead atoms. The molecule has 0 saturated heterocycles. The van der Waals surface area contributed by atoms with Gasteiger partial charge in [0.05, 0.1) is 12.0 Å². The number of fused-ring (bicyclic) bond motifs is 1. The van der Waals surface area contributed by atoms with Crippen LogP contribution in [0.25, 0.3) is 5.70 Å². The molecule has 1 aliphatic heterocycles. The molecule has 0 radical (unpaired) electrons. The van der Waals surface area contributed by atoms with Crippen LogP contribution < -0.4 is 0 Å².